The Morgan fingerprint density at radius 1 is 1.04 bits per heavy atom. The highest BCUT2D eigenvalue weighted by Gasteiger charge is 2.35. The third kappa shape index (κ3) is 3.77. The van der Waals surface area contributed by atoms with Crippen molar-refractivity contribution in [2.24, 2.45) is 0 Å². The van der Waals surface area contributed by atoms with Crippen LogP contribution in [0.4, 0.5) is 23.7 Å². The van der Waals surface area contributed by atoms with Gasteiger partial charge in [0.25, 0.3) is 5.91 Å². The maximum absolute atomic E-state index is 12.4. The highest BCUT2D eigenvalue weighted by Crippen LogP contribution is 2.27. The maximum Gasteiger partial charge on any atom is 0.573 e. The largest absolute Gasteiger partial charge is 0.573 e. The first-order valence-electron chi connectivity index (χ1n) is 6.96. The maximum atomic E-state index is 12.4. The number of hydrogen-bond donors (Lipinski definition) is 1. The number of aromatic nitrogens is 1. The van der Waals surface area contributed by atoms with E-state index < -0.39 is 24.1 Å². The zero-order valence-electron chi connectivity index (χ0n) is 12.4. The summed E-state index contributed by atoms with van der Waals surface area (Å²) in [4.78, 5) is 29.1. The van der Waals surface area contributed by atoms with Crippen LogP contribution in [0.1, 0.15) is 5.56 Å². The van der Waals surface area contributed by atoms with Crippen LogP contribution >= 0.6 is 0 Å². The van der Waals surface area contributed by atoms with Gasteiger partial charge in [-0.1, -0.05) is 0 Å². The first-order valence-corrected chi connectivity index (χ1v) is 6.96. The minimum Gasteiger partial charge on any atom is -0.406 e. The van der Waals surface area contributed by atoms with E-state index in [9.17, 15) is 22.8 Å². The van der Waals surface area contributed by atoms with Gasteiger partial charge in [-0.2, -0.15) is 0 Å². The van der Waals surface area contributed by atoms with Crippen LogP contribution in [-0.4, -0.2) is 23.3 Å². The van der Waals surface area contributed by atoms with E-state index in [1.54, 1.807) is 12.1 Å². The van der Waals surface area contributed by atoms with Crippen molar-refractivity contribution in [3.63, 3.8) is 0 Å². The van der Waals surface area contributed by atoms with Gasteiger partial charge in [0.05, 0.1) is 5.69 Å². The predicted molar refractivity (Wildman–Crippen MR) is 81.4 cm³/mol. The molecule has 0 aliphatic carbocycles. The molecule has 0 unspecified atom stereocenters. The Morgan fingerprint density at radius 3 is 2.28 bits per heavy atom. The number of rotatable bonds is 3. The number of amides is 3. The second kappa shape index (κ2) is 6.27. The van der Waals surface area contributed by atoms with Crippen molar-refractivity contribution >= 4 is 23.7 Å². The Labute approximate surface area is 139 Å². The molecular formula is C16H10F3N3O3. The molecule has 1 saturated heterocycles. The van der Waals surface area contributed by atoms with E-state index >= 15 is 0 Å². The second-order valence-electron chi connectivity index (χ2n) is 4.95. The Balaban J connectivity index is 1.82. The number of halogens is 3. The van der Waals surface area contributed by atoms with Crippen LogP contribution < -0.4 is 15.0 Å². The van der Waals surface area contributed by atoms with Gasteiger partial charge in [0.1, 0.15) is 11.4 Å². The minimum absolute atomic E-state index is 0.0480. The average Bonchev–Trinajstić information content (AvgIpc) is 2.82. The number of nitrogens with one attached hydrogen (secondary N) is 1. The van der Waals surface area contributed by atoms with Crippen LogP contribution in [0.25, 0.3) is 6.08 Å². The van der Waals surface area contributed by atoms with Crippen LogP contribution in [0.3, 0.4) is 0 Å². The number of ether oxygens (including phenoxy) is 1. The van der Waals surface area contributed by atoms with Crippen LogP contribution in [0.2, 0.25) is 0 Å². The lowest BCUT2D eigenvalue weighted by Gasteiger charge is -2.13. The molecule has 1 aromatic heterocycles. The smallest absolute Gasteiger partial charge is 0.406 e. The number of nitrogens with zero attached hydrogens (tertiary/aromatic N) is 2. The standard InChI is InChI=1S/C16H10F3N3O3/c17-16(18,19)25-12-3-1-11(2-4-12)22-14(23)13(21-15(22)24)9-10-5-7-20-8-6-10/h1-9H,(H,21,24)/b13-9-. The Bertz CT molecular complexity index is 833. The fraction of sp³-hybridized carbons (Fsp3) is 0.0625. The summed E-state index contributed by atoms with van der Waals surface area (Å²) in [6, 6.07) is 7.02. The molecule has 0 atom stereocenters. The summed E-state index contributed by atoms with van der Waals surface area (Å²) in [6.45, 7) is 0. The van der Waals surface area contributed by atoms with E-state index in [1.165, 1.54) is 30.6 Å². The van der Waals surface area contributed by atoms with E-state index in [0.29, 0.717) is 5.56 Å². The summed E-state index contributed by atoms with van der Waals surface area (Å²) in [6.07, 6.45) is -0.276. The van der Waals surface area contributed by atoms with Crippen molar-refractivity contribution < 1.29 is 27.5 Å². The Morgan fingerprint density at radius 2 is 1.68 bits per heavy atom. The third-order valence-electron chi connectivity index (χ3n) is 3.22. The van der Waals surface area contributed by atoms with Gasteiger partial charge in [0, 0.05) is 12.4 Å². The average molecular weight is 349 g/mol. The summed E-state index contributed by atoms with van der Waals surface area (Å²) in [5, 5.41) is 2.42. The zero-order valence-corrected chi connectivity index (χ0v) is 12.4. The summed E-state index contributed by atoms with van der Waals surface area (Å²) >= 11 is 0. The molecule has 1 fully saturated rings. The lowest BCUT2D eigenvalue weighted by atomic mass is 10.2. The van der Waals surface area contributed by atoms with Gasteiger partial charge in [-0.15, -0.1) is 13.2 Å². The van der Waals surface area contributed by atoms with Gasteiger partial charge >= 0.3 is 12.4 Å². The molecule has 0 bridgehead atoms. The number of carbonyl (C=O) groups excluding carboxylic acids is 2. The quantitative estimate of drug-likeness (QED) is 0.683. The molecule has 2 heterocycles. The lowest BCUT2D eigenvalue weighted by Crippen LogP contribution is -2.30. The van der Waals surface area contributed by atoms with E-state index in [1.807, 2.05) is 0 Å². The zero-order chi connectivity index (χ0) is 18.0. The van der Waals surface area contributed by atoms with E-state index in [2.05, 4.69) is 15.0 Å². The summed E-state index contributed by atoms with van der Waals surface area (Å²) in [5.41, 5.74) is 0.830. The molecule has 0 spiro atoms. The van der Waals surface area contributed by atoms with Crippen LogP contribution in [0.15, 0.2) is 54.5 Å². The number of imide groups is 1. The molecule has 3 rings (SSSR count). The van der Waals surface area contributed by atoms with Crippen molar-refractivity contribution in [3.05, 3.63) is 60.1 Å². The highest BCUT2D eigenvalue weighted by atomic mass is 19.4. The van der Waals surface area contributed by atoms with Crippen molar-refractivity contribution in [1.29, 1.82) is 0 Å². The molecule has 1 N–H and O–H groups in total. The molecular weight excluding hydrogens is 339 g/mol. The number of hydrogen-bond acceptors (Lipinski definition) is 4. The van der Waals surface area contributed by atoms with Gasteiger partial charge in [-0.25, -0.2) is 9.69 Å². The van der Waals surface area contributed by atoms with Crippen LogP contribution in [0.5, 0.6) is 5.75 Å². The van der Waals surface area contributed by atoms with Crippen LogP contribution in [0, 0.1) is 0 Å². The molecule has 128 valence electrons. The van der Waals surface area contributed by atoms with Gasteiger partial charge in [-0.3, -0.25) is 9.78 Å². The van der Waals surface area contributed by atoms with Crippen molar-refractivity contribution in [2.45, 2.75) is 6.36 Å². The van der Waals surface area contributed by atoms with Gasteiger partial charge in [0.15, 0.2) is 0 Å². The molecule has 1 aromatic carbocycles. The first kappa shape index (κ1) is 16.5. The fourth-order valence-electron chi connectivity index (χ4n) is 2.19. The highest BCUT2D eigenvalue weighted by molar-refractivity contribution is 6.28. The molecule has 0 radical (unpaired) electrons. The van der Waals surface area contributed by atoms with E-state index in [-0.39, 0.29) is 11.4 Å². The molecule has 2 aromatic rings. The monoisotopic (exact) mass is 349 g/mol. The van der Waals surface area contributed by atoms with Crippen LogP contribution in [-0.2, 0) is 4.79 Å². The predicted octanol–water partition coefficient (Wildman–Crippen LogP) is 3.08. The SMILES string of the molecule is O=C1N/C(=C\c2ccncc2)C(=O)N1c1ccc(OC(F)(F)F)cc1. The number of pyridine rings is 1. The molecule has 0 saturated carbocycles. The number of benzene rings is 1. The first-order chi connectivity index (χ1) is 11.8. The number of urea groups is 1. The molecule has 1 aliphatic heterocycles. The molecule has 25 heavy (non-hydrogen) atoms. The van der Waals surface area contributed by atoms with E-state index in [0.717, 1.165) is 17.0 Å². The number of anilines is 1. The number of carbonyl (C=O) groups is 2. The number of alkyl halides is 3. The van der Waals surface area contributed by atoms with Gasteiger partial charge < -0.3 is 10.1 Å². The molecule has 3 amide bonds. The topological polar surface area (TPSA) is 71.5 Å². The fourth-order valence-corrected chi connectivity index (χ4v) is 2.19. The van der Waals surface area contributed by atoms with Gasteiger partial charge in [-0.05, 0) is 48.0 Å². The normalized spacial score (nSPS) is 16.3. The molecule has 1 aliphatic rings. The van der Waals surface area contributed by atoms with E-state index in [4.69, 9.17) is 0 Å². The molecule has 6 nitrogen and oxygen atoms in total. The van der Waals surface area contributed by atoms with Crippen molar-refractivity contribution in [3.8, 4) is 5.75 Å². The molecule has 9 heteroatoms. The van der Waals surface area contributed by atoms with Gasteiger partial charge in [0.2, 0.25) is 0 Å². The Hall–Kier alpha value is -3.36. The lowest BCUT2D eigenvalue weighted by molar-refractivity contribution is -0.274. The third-order valence-corrected chi connectivity index (χ3v) is 3.22. The van der Waals surface area contributed by atoms with Crippen molar-refractivity contribution in [1.82, 2.24) is 10.3 Å². The minimum atomic E-state index is -4.82. The van der Waals surface area contributed by atoms with Crippen molar-refractivity contribution in [2.75, 3.05) is 4.90 Å². The Kier molecular flexibility index (Phi) is 4.14. The second-order valence-corrected chi connectivity index (χ2v) is 4.95. The summed E-state index contributed by atoms with van der Waals surface area (Å²) in [5.74, 6) is -1.07. The summed E-state index contributed by atoms with van der Waals surface area (Å²) < 4.78 is 40.2. The summed E-state index contributed by atoms with van der Waals surface area (Å²) in [7, 11) is 0.